The first-order chi connectivity index (χ1) is 29.9. The molecule has 2 aromatic heterocycles. The maximum Gasteiger partial charge on any atom is 0.410 e. The Hall–Kier alpha value is -4.33. The number of hydrogen-bond donors (Lipinski definition) is 2. The molecule has 4 bridgehead atoms. The molecule has 5 aliphatic rings. The van der Waals surface area contributed by atoms with Crippen molar-refractivity contribution in [3.63, 3.8) is 0 Å². The summed E-state index contributed by atoms with van der Waals surface area (Å²) in [5.41, 5.74) is 6.55. The molecule has 0 aromatic carbocycles. The Balaban J connectivity index is 1.28. The second-order valence-corrected chi connectivity index (χ2v) is 18.6. The van der Waals surface area contributed by atoms with Gasteiger partial charge in [0.25, 0.3) is 0 Å². The third kappa shape index (κ3) is 9.57. The van der Waals surface area contributed by atoms with Crippen LogP contribution in [0.25, 0.3) is 11.4 Å². The number of amides is 1. The van der Waals surface area contributed by atoms with E-state index in [9.17, 15) is 14.7 Å². The van der Waals surface area contributed by atoms with Crippen LogP contribution in [0.3, 0.4) is 0 Å². The maximum atomic E-state index is 14.6. The number of carbonyl (C=O) groups excluding carboxylic acids is 2. The van der Waals surface area contributed by atoms with Gasteiger partial charge >= 0.3 is 12.1 Å². The second kappa shape index (κ2) is 19.0. The molecule has 0 spiro atoms. The molecule has 14 atom stereocenters. The summed E-state index contributed by atoms with van der Waals surface area (Å²) in [4.78, 5) is 56.1. The lowest BCUT2D eigenvalue weighted by Crippen LogP contribution is -2.60. The van der Waals surface area contributed by atoms with Crippen molar-refractivity contribution in [2.45, 2.75) is 141 Å². The molecule has 4 fully saturated rings. The topological polar surface area (TPSA) is 215 Å². The van der Waals surface area contributed by atoms with Crippen LogP contribution in [0.2, 0.25) is 0 Å². The van der Waals surface area contributed by atoms with Gasteiger partial charge in [0.05, 0.1) is 79.4 Å². The van der Waals surface area contributed by atoms with E-state index >= 15 is 0 Å². The molecule has 5 aliphatic heterocycles. The van der Waals surface area contributed by atoms with E-state index < -0.39 is 71.8 Å². The summed E-state index contributed by atoms with van der Waals surface area (Å²) in [5, 5.41) is 16.3. The summed E-state index contributed by atoms with van der Waals surface area (Å²) in [6.45, 7) is 16.4. The monoisotopic (exact) mass is 878 g/mol. The minimum absolute atomic E-state index is 0.0165. The molecular weight excluding hydrogens is 813 g/mol. The third-order valence-corrected chi connectivity index (χ3v) is 13.7. The van der Waals surface area contributed by atoms with E-state index in [0.717, 1.165) is 5.71 Å². The molecule has 346 valence electrons. The number of aliphatic hydroxyl groups excluding tert-OH is 1. The molecule has 18 heteroatoms. The lowest BCUT2D eigenvalue weighted by atomic mass is 9.72. The van der Waals surface area contributed by atoms with Gasteiger partial charge in [-0.25, -0.2) is 19.7 Å². The normalized spacial score (nSPS) is 38.4. The number of hydrogen-bond acceptors (Lipinski definition) is 17. The number of cyclic esters (lactones) is 1. The van der Waals surface area contributed by atoms with Crippen molar-refractivity contribution in [3.05, 3.63) is 36.3 Å². The van der Waals surface area contributed by atoms with Crippen molar-refractivity contribution < 1.29 is 48.0 Å². The van der Waals surface area contributed by atoms with Crippen molar-refractivity contribution in [2.75, 3.05) is 46.1 Å². The SMILES string of the molecule is CC[C@H]1OC(=O)[C@H](C)[C@H]2OC/C(=N\OCc3cccc(-c4cnc(N)cn4)n3)CO[C@](C)(C[C@@H](C)C3=NCCN4C(=O)O[C@@]1(C)[C@H]4[C@H]3C)[C@H](O[C@H]1O[C@@H](C)C[C@@H](N(C)C)[C@@H]1O)[C@H]2C. The number of aliphatic imine (C=N–C) groups is 1. The summed E-state index contributed by atoms with van der Waals surface area (Å²) in [7, 11) is 3.86. The number of fused-ring (bicyclic) bond motifs is 4. The van der Waals surface area contributed by atoms with Gasteiger partial charge in [-0.1, -0.05) is 38.9 Å². The van der Waals surface area contributed by atoms with E-state index in [-0.39, 0.29) is 43.8 Å². The van der Waals surface area contributed by atoms with Crippen LogP contribution in [0, 0.1) is 23.7 Å². The summed E-state index contributed by atoms with van der Waals surface area (Å²) in [6.07, 6.45) is -0.605. The minimum atomic E-state index is -1.15. The first-order valence-electron chi connectivity index (χ1n) is 22.3. The van der Waals surface area contributed by atoms with Crippen LogP contribution in [0.4, 0.5) is 10.6 Å². The lowest BCUT2D eigenvalue weighted by Gasteiger charge is -2.48. The molecule has 7 heterocycles. The Morgan fingerprint density at radius 3 is 2.54 bits per heavy atom. The van der Waals surface area contributed by atoms with Gasteiger partial charge < -0.3 is 49.0 Å². The van der Waals surface area contributed by atoms with Crippen LogP contribution < -0.4 is 5.73 Å². The average Bonchev–Trinajstić information content (AvgIpc) is 3.39. The maximum absolute atomic E-state index is 14.6. The van der Waals surface area contributed by atoms with Crippen LogP contribution in [-0.2, 0) is 44.7 Å². The van der Waals surface area contributed by atoms with Gasteiger partial charge in [0.15, 0.2) is 18.5 Å². The number of esters is 1. The van der Waals surface area contributed by atoms with Crippen molar-refractivity contribution >= 4 is 29.3 Å². The van der Waals surface area contributed by atoms with E-state index in [1.54, 1.807) is 18.0 Å². The van der Waals surface area contributed by atoms with E-state index in [1.165, 1.54) is 6.20 Å². The van der Waals surface area contributed by atoms with E-state index in [1.807, 2.05) is 71.8 Å². The Morgan fingerprint density at radius 1 is 1.05 bits per heavy atom. The van der Waals surface area contributed by atoms with Gasteiger partial charge in [-0.3, -0.25) is 14.7 Å². The number of ether oxygens (including phenoxy) is 6. The van der Waals surface area contributed by atoms with E-state index in [2.05, 4.69) is 34.0 Å². The summed E-state index contributed by atoms with van der Waals surface area (Å²) >= 11 is 0. The van der Waals surface area contributed by atoms with Gasteiger partial charge in [-0.2, -0.15) is 0 Å². The summed E-state index contributed by atoms with van der Waals surface area (Å²) in [6, 6.07) is 4.80. The molecular formula is C45H66N8O10. The van der Waals surface area contributed by atoms with Gasteiger partial charge in [0.1, 0.15) is 29.4 Å². The number of aromatic nitrogens is 3. The number of carbonyl (C=O) groups is 2. The molecule has 3 N–H and O–H groups in total. The summed E-state index contributed by atoms with van der Waals surface area (Å²) in [5.74, 6) is -2.06. The predicted molar refractivity (Wildman–Crippen MR) is 232 cm³/mol. The average molecular weight is 879 g/mol. The predicted octanol–water partition coefficient (Wildman–Crippen LogP) is 4.28. The molecule has 7 rings (SSSR count). The minimum Gasteiger partial charge on any atom is -0.458 e. The number of nitrogens with two attached hydrogens (primary N) is 1. The summed E-state index contributed by atoms with van der Waals surface area (Å²) < 4.78 is 39.9. The third-order valence-electron chi connectivity index (χ3n) is 13.7. The highest BCUT2D eigenvalue weighted by atomic mass is 16.7. The van der Waals surface area contributed by atoms with Gasteiger partial charge in [0.2, 0.25) is 0 Å². The first-order valence-corrected chi connectivity index (χ1v) is 22.3. The highest BCUT2D eigenvalue weighted by molar-refractivity contribution is 5.91. The molecule has 63 heavy (non-hydrogen) atoms. The number of anilines is 1. The van der Waals surface area contributed by atoms with Crippen molar-refractivity contribution in [1.29, 1.82) is 0 Å². The quantitative estimate of drug-likeness (QED) is 0.280. The smallest absolute Gasteiger partial charge is 0.410 e. The molecule has 0 aliphatic carbocycles. The van der Waals surface area contributed by atoms with Crippen LogP contribution >= 0.6 is 0 Å². The van der Waals surface area contributed by atoms with Gasteiger partial charge in [-0.15, -0.1) is 0 Å². The second-order valence-electron chi connectivity index (χ2n) is 18.6. The molecule has 1 amide bonds. The van der Waals surface area contributed by atoms with Crippen LogP contribution in [0.5, 0.6) is 0 Å². The van der Waals surface area contributed by atoms with E-state index in [0.29, 0.717) is 61.0 Å². The van der Waals surface area contributed by atoms with Gasteiger partial charge in [0, 0.05) is 30.1 Å². The van der Waals surface area contributed by atoms with Crippen molar-refractivity contribution in [3.8, 4) is 11.4 Å². The molecule has 2 aromatic rings. The highest BCUT2D eigenvalue weighted by Gasteiger charge is 2.60. The molecule has 18 nitrogen and oxygen atoms in total. The highest BCUT2D eigenvalue weighted by Crippen LogP contribution is 2.45. The standard InChI is InChI=1S/C45H66N8O10/c1-11-34-45(8)39-26(4)36(47-15-16-53(39)43(56)63-45)24(2)18-44(7)40(62-42-37(54)33(52(9)10)17-25(3)60-42)27(5)38(28(6)41(55)61-34)57-21-30(22-58-44)51-59-23-29-13-12-14-31(50-29)32-19-49-35(46)20-48-32/h12-14,19-20,24-28,33-34,37-40,42,54H,11,15-18,21-23H2,1-10H3,(H2,46,49)/b51-30+/t24-,25+,26+,27+,28-,33-,34-,37+,38+,39-,40-,42-,44-,45-/m1/s1. The number of rotatable bonds is 8. The lowest BCUT2D eigenvalue weighted by molar-refractivity contribution is -0.302. The fourth-order valence-corrected chi connectivity index (χ4v) is 10.6. The fourth-order valence-electron chi connectivity index (χ4n) is 10.6. The number of pyridine rings is 1. The van der Waals surface area contributed by atoms with E-state index in [4.69, 9.17) is 44.0 Å². The molecule has 0 radical (unpaired) electrons. The molecule has 0 unspecified atom stereocenters. The van der Waals surface area contributed by atoms with Crippen molar-refractivity contribution in [2.24, 2.45) is 33.8 Å². The number of likely N-dealkylation sites (N-methyl/N-ethyl adjacent to an activating group) is 1. The van der Waals surface area contributed by atoms with Gasteiger partial charge in [-0.05, 0) is 79.1 Å². The van der Waals surface area contributed by atoms with Crippen LogP contribution in [-0.4, -0.2) is 154 Å². The molecule has 0 saturated carbocycles. The Morgan fingerprint density at radius 2 is 1.83 bits per heavy atom. The Bertz CT molecular complexity index is 2010. The largest absolute Gasteiger partial charge is 0.458 e. The number of aliphatic hydroxyl groups is 1. The van der Waals surface area contributed by atoms with Crippen LogP contribution in [0.1, 0.15) is 80.3 Å². The zero-order chi connectivity index (χ0) is 45.4. The number of nitrogens with zero attached hydrogens (tertiary/aromatic N) is 7. The zero-order valence-corrected chi connectivity index (χ0v) is 38.3. The zero-order valence-electron chi connectivity index (χ0n) is 38.3. The first kappa shape index (κ1) is 46.7. The fraction of sp³-hybridized carbons (Fsp3) is 0.711. The Kier molecular flexibility index (Phi) is 14.1. The van der Waals surface area contributed by atoms with Crippen LogP contribution in [0.15, 0.2) is 40.7 Å². The number of nitrogen functional groups attached to an aromatic ring is 1. The van der Waals surface area contributed by atoms with Crippen molar-refractivity contribution in [1.82, 2.24) is 24.8 Å². The number of oxime groups is 1. The molecule has 4 saturated heterocycles. The Labute approximate surface area is 370 Å².